The van der Waals surface area contributed by atoms with Gasteiger partial charge >= 0.3 is 12.1 Å². The predicted molar refractivity (Wildman–Crippen MR) is 180 cm³/mol. The van der Waals surface area contributed by atoms with Gasteiger partial charge in [0.25, 0.3) is 0 Å². The summed E-state index contributed by atoms with van der Waals surface area (Å²) in [7, 11) is 2.48. The summed E-state index contributed by atoms with van der Waals surface area (Å²) in [6, 6.07) is 13.9. The number of esters is 1. The lowest BCUT2D eigenvalue weighted by Crippen LogP contribution is -2.46. The van der Waals surface area contributed by atoms with E-state index in [0.717, 1.165) is 15.7 Å². The number of benzene rings is 3. The number of halogens is 1. The van der Waals surface area contributed by atoms with Gasteiger partial charge in [0.05, 0.1) is 39.0 Å². The molecule has 0 saturated heterocycles. The highest BCUT2D eigenvalue weighted by molar-refractivity contribution is 8.00. The van der Waals surface area contributed by atoms with E-state index in [1.165, 1.54) is 49.2 Å². The first-order valence-corrected chi connectivity index (χ1v) is 15.7. The number of hydrogen-bond donors (Lipinski definition) is 3. The second-order valence-corrected chi connectivity index (χ2v) is 12.3. The number of methoxy groups -OCH3 is 2. The van der Waals surface area contributed by atoms with Crippen molar-refractivity contribution in [1.82, 2.24) is 10.3 Å². The van der Waals surface area contributed by atoms with Crippen LogP contribution in [-0.2, 0) is 19.1 Å². The largest absolute Gasteiger partial charge is 0.494 e. The molecule has 4 N–H and O–H groups in total. The number of carbonyl (C=O) groups is 3. The van der Waals surface area contributed by atoms with Gasteiger partial charge in [-0.3, -0.25) is 24.9 Å². The number of anilines is 2. The second kappa shape index (κ2) is 16.1. The number of fused-ring (bicyclic) bond motifs is 1. The van der Waals surface area contributed by atoms with Crippen LogP contribution < -0.4 is 26.2 Å². The monoisotopic (exact) mass is 663 g/mol. The van der Waals surface area contributed by atoms with E-state index in [-0.39, 0.29) is 17.2 Å². The minimum atomic E-state index is -1.41. The van der Waals surface area contributed by atoms with Crippen LogP contribution in [0.3, 0.4) is 0 Å². The zero-order valence-corrected chi connectivity index (χ0v) is 27.6. The second-order valence-electron chi connectivity index (χ2n) is 10.7. The third-order valence-corrected chi connectivity index (χ3v) is 8.21. The number of carbonyl (C=O) groups excluding carboxylic acids is 3. The number of hydrazine groups is 1. The van der Waals surface area contributed by atoms with Gasteiger partial charge in [-0.15, -0.1) is 11.8 Å². The Hall–Kier alpha value is -4.88. The van der Waals surface area contributed by atoms with Crippen LogP contribution in [0, 0.1) is 5.82 Å². The smallest absolute Gasteiger partial charge is 0.411 e. The van der Waals surface area contributed by atoms with Crippen LogP contribution in [0.2, 0.25) is 0 Å². The zero-order valence-electron chi connectivity index (χ0n) is 26.8. The van der Waals surface area contributed by atoms with E-state index in [4.69, 9.17) is 20.1 Å². The van der Waals surface area contributed by atoms with Gasteiger partial charge in [0.1, 0.15) is 11.6 Å². The van der Waals surface area contributed by atoms with E-state index < -0.39 is 35.9 Å². The van der Waals surface area contributed by atoms with Crippen LogP contribution in [0.15, 0.2) is 78.0 Å². The highest BCUT2D eigenvalue weighted by Crippen LogP contribution is 2.36. The van der Waals surface area contributed by atoms with Gasteiger partial charge in [0.2, 0.25) is 5.91 Å². The van der Waals surface area contributed by atoms with E-state index >= 15 is 4.39 Å². The van der Waals surface area contributed by atoms with Crippen molar-refractivity contribution < 1.29 is 33.0 Å². The van der Waals surface area contributed by atoms with Crippen molar-refractivity contribution in [3.8, 4) is 5.75 Å². The van der Waals surface area contributed by atoms with Gasteiger partial charge in [-0.2, -0.15) is 0 Å². The molecule has 11 nitrogen and oxygen atoms in total. The summed E-state index contributed by atoms with van der Waals surface area (Å²) in [6.07, 6.45) is 2.37. The van der Waals surface area contributed by atoms with E-state index in [2.05, 4.69) is 15.6 Å². The average Bonchev–Trinajstić information content (AvgIpc) is 3.06. The van der Waals surface area contributed by atoms with Crippen LogP contribution in [0.5, 0.6) is 5.75 Å². The molecule has 0 aliphatic rings. The molecule has 0 aliphatic heterocycles. The fourth-order valence-corrected chi connectivity index (χ4v) is 5.95. The number of thioether (sulfide) groups is 1. The number of pyridine rings is 1. The van der Waals surface area contributed by atoms with E-state index in [0.29, 0.717) is 29.3 Å². The Kier molecular flexibility index (Phi) is 12.0. The minimum absolute atomic E-state index is 0.0412. The number of amides is 2. The van der Waals surface area contributed by atoms with Crippen molar-refractivity contribution in [1.29, 1.82) is 0 Å². The van der Waals surface area contributed by atoms with Crippen LogP contribution in [0.25, 0.3) is 10.8 Å². The fraction of sp³-hybridized carbons (Fsp3) is 0.294. The van der Waals surface area contributed by atoms with E-state index in [9.17, 15) is 14.4 Å². The number of nitrogens with one attached hydrogen (secondary N) is 2. The molecule has 1 unspecified atom stereocenters. The van der Waals surface area contributed by atoms with Gasteiger partial charge < -0.3 is 19.5 Å². The quantitative estimate of drug-likeness (QED) is 0.0646. The topological polar surface area (TPSA) is 145 Å². The summed E-state index contributed by atoms with van der Waals surface area (Å²) in [5, 5.41) is 8.53. The summed E-state index contributed by atoms with van der Waals surface area (Å²) in [4.78, 5) is 44.1. The van der Waals surface area contributed by atoms with E-state index in [1.807, 2.05) is 13.8 Å². The summed E-state index contributed by atoms with van der Waals surface area (Å²) >= 11 is 1.50. The third kappa shape index (κ3) is 8.89. The predicted octanol–water partition coefficient (Wildman–Crippen LogP) is 6.29. The molecule has 0 spiro atoms. The van der Waals surface area contributed by atoms with Gasteiger partial charge in [-0.1, -0.05) is 19.9 Å². The molecular formula is C34H38FN5O6S. The molecule has 4 rings (SSSR count). The summed E-state index contributed by atoms with van der Waals surface area (Å²) in [5.41, 5.74) is 1.29. The highest BCUT2D eigenvalue weighted by atomic mass is 32.2. The number of aromatic nitrogens is 1. The van der Waals surface area contributed by atoms with Gasteiger partial charge in [0.15, 0.2) is 6.04 Å². The maximum Gasteiger partial charge on any atom is 0.411 e. The van der Waals surface area contributed by atoms with Crippen LogP contribution >= 0.6 is 11.8 Å². The fourth-order valence-electron chi connectivity index (χ4n) is 4.95. The molecule has 0 fully saturated rings. The number of hydrogen-bond acceptors (Lipinski definition) is 10. The van der Waals surface area contributed by atoms with Crippen molar-refractivity contribution in [3.63, 3.8) is 0 Å². The Morgan fingerprint density at radius 1 is 0.979 bits per heavy atom. The lowest BCUT2D eigenvalue weighted by Gasteiger charge is -2.31. The Balaban J connectivity index is 1.83. The van der Waals surface area contributed by atoms with Crippen LogP contribution in [0.4, 0.5) is 20.6 Å². The Morgan fingerprint density at radius 2 is 1.77 bits per heavy atom. The molecule has 1 heterocycles. The molecule has 248 valence electrons. The molecular weight excluding hydrogens is 625 g/mol. The van der Waals surface area contributed by atoms with Crippen LogP contribution in [0.1, 0.15) is 50.4 Å². The number of nitrogens with two attached hydrogens (primary N) is 1. The molecule has 13 heteroatoms. The standard InChI is InChI=1S/C34H38FN5O6S/c1-6-46-25-10-11-28(35)26(17-25)32(40(36)24-9-7-22-19-37-14-13-21(22)15-24)33(42)39-29(18-31(41)44-4)27-16-23(38-34(43)45-5)8-12-30(27)47-20(2)3/h7-17,19-20,29,32H,6,18,36H2,1-5H3,(H,38,43)(H,39,42)/t29?,32-/m1/s1. The molecule has 4 aromatic rings. The van der Waals surface area contributed by atoms with Crippen molar-refractivity contribution >= 4 is 51.9 Å². The van der Waals surface area contributed by atoms with E-state index in [1.54, 1.807) is 61.8 Å². The van der Waals surface area contributed by atoms with Gasteiger partial charge in [0, 0.05) is 39.2 Å². The Bertz CT molecular complexity index is 1740. The highest BCUT2D eigenvalue weighted by Gasteiger charge is 2.33. The first kappa shape index (κ1) is 35.0. The molecule has 0 saturated carbocycles. The average molecular weight is 664 g/mol. The molecule has 1 aromatic heterocycles. The number of rotatable bonds is 13. The molecule has 3 aromatic carbocycles. The van der Waals surface area contributed by atoms with Gasteiger partial charge in [-0.25, -0.2) is 15.0 Å². The molecule has 47 heavy (non-hydrogen) atoms. The molecule has 0 bridgehead atoms. The van der Waals surface area contributed by atoms with Crippen LogP contribution in [-0.4, -0.2) is 49.0 Å². The third-order valence-electron chi connectivity index (χ3n) is 7.12. The Morgan fingerprint density at radius 3 is 2.47 bits per heavy atom. The molecule has 2 amide bonds. The summed E-state index contributed by atoms with van der Waals surface area (Å²) in [5.74, 6) is 5.05. The molecule has 2 atom stereocenters. The first-order valence-electron chi connectivity index (χ1n) is 14.9. The lowest BCUT2D eigenvalue weighted by molar-refractivity contribution is -0.141. The lowest BCUT2D eigenvalue weighted by atomic mass is 9.99. The van der Waals surface area contributed by atoms with Gasteiger partial charge in [-0.05, 0) is 72.5 Å². The maximum absolute atomic E-state index is 15.6. The van der Waals surface area contributed by atoms with Crippen molar-refractivity contribution in [2.45, 2.75) is 49.4 Å². The SMILES string of the molecule is CCOc1ccc(F)c([C@H](C(=O)NC(CC(=O)OC)c2cc(NC(=O)OC)ccc2SC(C)C)N(N)c2ccc3cnccc3c2)c1. The zero-order chi connectivity index (χ0) is 34.1. The maximum atomic E-state index is 15.6. The molecule has 0 aliphatic carbocycles. The molecule has 0 radical (unpaired) electrons. The number of ether oxygens (including phenoxy) is 3. The van der Waals surface area contributed by atoms with Crippen molar-refractivity contribution in [2.24, 2.45) is 5.84 Å². The van der Waals surface area contributed by atoms with Crippen molar-refractivity contribution in [2.75, 3.05) is 31.2 Å². The minimum Gasteiger partial charge on any atom is -0.494 e. The summed E-state index contributed by atoms with van der Waals surface area (Å²) < 4.78 is 31.0. The van der Waals surface area contributed by atoms with Crippen molar-refractivity contribution in [3.05, 3.63) is 90.0 Å². The normalized spacial score (nSPS) is 12.3. The summed E-state index contributed by atoms with van der Waals surface area (Å²) in [6.45, 7) is 6.11. The Labute approximate surface area is 276 Å². The first-order chi connectivity index (χ1) is 22.5. The number of nitrogens with zero attached hydrogens (tertiary/aromatic N) is 2.